The lowest BCUT2D eigenvalue weighted by Crippen LogP contribution is -2.25. The molecular formula is C19H19BrN2O4. The highest BCUT2D eigenvalue weighted by atomic mass is 79.9. The number of phenolic OH excluding ortho intramolecular Hbond substituents is 1. The lowest BCUT2D eigenvalue weighted by molar-refractivity contribution is -0.135. The van der Waals surface area contributed by atoms with Gasteiger partial charge in [-0.25, -0.2) is 0 Å². The molecule has 1 N–H and O–H groups in total. The molecule has 1 aliphatic rings. The minimum atomic E-state index is -0.700. The van der Waals surface area contributed by atoms with Gasteiger partial charge in [0.15, 0.2) is 0 Å². The number of benzene rings is 2. The lowest BCUT2D eigenvalue weighted by atomic mass is 10.1. The first kappa shape index (κ1) is 18.3. The van der Waals surface area contributed by atoms with Crippen molar-refractivity contribution < 1.29 is 19.4 Å². The number of carbonyl (C=O) groups excluding carboxylic acids is 1. The summed E-state index contributed by atoms with van der Waals surface area (Å²) in [5.74, 6) is 0.813. The number of nitrogens with zero attached hydrogens (tertiary/aromatic N) is 2. The Kier molecular flexibility index (Phi) is 5.18. The van der Waals surface area contributed by atoms with Gasteiger partial charge in [-0.05, 0) is 56.3 Å². The number of rotatable bonds is 4. The summed E-state index contributed by atoms with van der Waals surface area (Å²) in [5, 5.41) is 15.1. The van der Waals surface area contributed by atoms with Crippen LogP contribution in [0.3, 0.4) is 0 Å². The van der Waals surface area contributed by atoms with Gasteiger partial charge in [0, 0.05) is 17.0 Å². The lowest BCUT2D eigenvalue weighted by Gasteiger charge is -2.19. The van der Waals surface area contributed by atoms with Crippen molar-refractivity contribution in [2.75, 3.05) is 0 Å². The standard InChI is InChI=1S/C19H19BrN2O4/c1-11(2)25-17-9-6-14(20)10-16(17)18-21-22(12(3)23)19(26-18)13-4-7-15(24)8-5-13/h4-11,19,24H,1-3H3/t19-/m1/s1. The fourth-order valence-electron chi connectivity index (χ4n) is 2.56. The highest BCUT2D eigenvalue weighted by molar-refractivity contribution is 9.10. The number of hydrogen-bond donors (Lipinski definition) is 1. The summed E-state index contributed by atoms with van der Waals surface area (Å²) in [6.07, 6.45) is -0.720. The topological polar surface area (TPSA) is 71.4 Å². The maximum Gasteiger partial charge on any atom is 0.244 e. The summed E-state index contributed by atoms with van der Waals surface area (Å²) in [6.45, 7) is 5.30. The van der Waals surface area contributed by atoms with E-state index in [2.05, 4.69) is 21.0 Å². The van der Waals surface area contributed by atoms with Crippen molar-refractivity contribution in [3.63, 3.8) is 0 Å². The van der Waals surface area contributed by atoms with Crippen LogP contribution in [0.1, 0.15) is 38.1 Å². The van der Waals surface area contributed by atoms with Crippen molar-refractivity contribution in [3.8, 4) is 11.5 Å². The molecule has 1 aliphatic heterocycles. The van der Waals surface area contributed by atoms with Crippen LogP contribution < -0.4 is 4.74 Å². The smallest absolute Gasteiger partial charge is 0.244 e. The van der Waals surface area contributed by atoms with Gasteiger partial charge >= 0.3 is 0 Å². The monoisotopic (exact) mass is 418 g/mol. The molecule has 7 heteroatoms. The molecule has 0 saturated carbocycles. The molecule has 2 aromatic rings. The molecule has 1 atom stereocenters. The van der Waals surface area contributed by atoms with Crippen LogP contribution in [0.25, 0.3) is 0 Å². The Morgan fingerprint density at radius 1 is 1.27 bits per heavy atom. The minimum absolute atomic E-state index is 0.0197. The van der Waals surface area contributed by atoms with Crippen LogP contribution in [-0.2, 0) is 9.53 Å². The van der Waals surface area contributed by atoms with Gasteiger partial charge in [0.05, 0.1) is 11.7 Å². The molecule has 0 bridgehead atoms. The summed E-state index contributed by atoms with van der Waals surface area (Å²) >= 11 is 3.45. The Morgan fingerprint density at radius 2 is 1.96 bits per heavy atom. The fourth-order valence-corrected chi connectivity index (χ4v) is 2.92. The van der Waals surface area contributed by atoms with E-state index in [0.717, 1.165) is 4.47 Å². The van der Waals surface area contributed by atoms with Gasteiger partial charge in [-0.3, -0.25) is 4.79 Å². The molecule has 6 nitrogen and oxygen atoms in total. The van der Waals surface area contributed by atoms with Gasteiger partial charge in [0.2, 0.25) is 18.0 Å². The second-order valence-corrected chi connectivity index (χ2v) is 7.05. The average molecular weight is 419 g/mol. The first-order valence-corrected chi connectivity index (χ1v) is 8.95. The molecule has 1 heterocycles. The van der Waals surface area contributed by atoms with E-state index in [1.807, 2.05) is 32.0 Å². The summed E-state index contributed by atoms with van der Waals surface area (Å²) in [6, 6.07) is 12.0. The molecule has 0 aromatic heterocycles. The van der Waals surface area contributed by atoms with Crippen LogP contribution in [0.5, 0.6) is 11.5 Å². The van der Waals surface area contributed by atoms with E-state index in [1.165, 1.54) is 11.9 Å². The van der Waals surface area contributed by atoms with Crippen molar-refractivity contribution >= 4 is 27.7 Å². The fraction of sp³-hybridized carbons (Fsp3) is 0.263. The predicted molar refractivity (Wildman–Crippen MR) is 101 cm³/mol. The Hall–Kier alpha value is -2.54. The number of hydrogen-bond acceptors (Lipinski definition) is 5. The molecule has 2 aromatic carbocycles. The Labute approximate surface area is 160 Å². The minimum Gasteiger partial charge on any atom is -0.508 e. The molecule has 0 fully saturated rings. The maximum absolute atomic E-state index is 12.1. The van der Waals surface area contributed by atoms with Crippen LogP contribution >= 0.6 is 15.9 Å². The van der Waals surface area contributed by atoms with Gasteiger partial charge in [-0.15, -0.1) is 5.10 Å². The first-order chi connectivity index (χ1) is 12.3. The van der Waals surface area contributed by atoms with Crippen molar-refractivity contribution in [2.24, 2.45) is 5.10 Å². The SMILES string of the molecule is CC(=O)N1N=C(c2cc(Br)ccc2OC(C)C)O[C@@H]1c1ccc(O)cc1. The highest BCUT2D eigenvalue weighted by Gasteiger charge is 2.34. The Morgan fingerprint density at radius 3 is 2.58 bits per heavy atom. The number of ether oxygens (including phenoxy) is 2. The molecule has 0 saturated heterocycles. The van der Waals surface area contributed by atoms with Crippen molar-refractivity contribution in [3.05, 3.63) is 58.1 Å². The molecule has 0 unspecified atom stereocenters. The molecule has 1 amide bonds. The molecule has 0 spiro atoms. The largest absolute Gasteiger partial charge is 0.508 e. The van der Waals surface area contributed by atoms with Gasteiger partial charge in [-0.1, -0.05) is 15.9 Å². The number of aromatic hydroxyl groups is 1. The molecule has 136 valence electrons. The van der Waals surface area contributed by atoms with E-state index in [-0.39, 0.29) is 17.8 Å². The van der Waals surface area contributed by atoms with Crippen molar-refractivity contribution in [1.82, 2.24) is 5.01 Å². The van der Waals surface area contributed by atoms with Gasteiger partial charge < -0.3 is 14.6 Å². The molecule has 0 aliphatic carbocycles. The molecule has 3 rings (SSSR count). The molecule has 0 radical (unpaired) electrons. The van der Waals surface area contributed by atoms with E-state index in [9.17, 15) is 9.90 Å². The summed E-state index contributed by atoms with van der Waals surface area (Å²) in [5.41, 5.74) is 1.36. The second kappa shape index (κ2) is 7.37. The van der Waals surface area contributed by atoms with Crippen LogP contribution in [0.4, 0.5) is 0 Å². The third-order valence-electron chi connectivity index (χ3n) is 3.68. The van der Waals surface area contributed by atoms with Gasteiger partial charge in [-0.2, -0.15) is 5.01 Å². The molecule has 26 heavy (non-hydrogen) atoms. The second-order valence-electron chi connectivity index (χ2n) is 6.14. The van der Waals surface area contributed by atoms with E-state index >= 15 is 0 Å². The zero-order valence-corrected chi connectivity index (χ0v) is 16.2. The highest BCUT2D eigenvalue weighted by Crippen LogP contribution is 2.34. The predicted octanol–water partition coefficient (Wildman–Crippen LogP) is 4.18. The van der Waals surface area contributed by atoms with Crippen LogP contribution in [0.15, 0.2) is 52.0 Å². The third-order valence-corrected chi connectivity index (χ3v) is 4.17. The third kappa shape index (κ3) is 3.83. The quantitative estimate of drug-likeness (QED) is 0.807. The number of carbonyl (C=O) groups is 1. The van der Waals surface area contributed by atoms with Gasteiger partial charge in [0.1, 0.15) is 11.5 Å². The summed E-state index contributed by atoms with van der Waals surface area (Å²) in [4.78, 5) is 12.1. The van der Waals surface area contributed by atoms with Crippen LogP contribution in [0, 0.1) is 0 Å². The normalized spacial score (nSPS) is 16.4. The van der Waals surface area contributed by atoms with E-state index in [4.69, 9.17) is 9.47 Å². The van der Waals surface area contributed by atoms with Crippen molar-refractivity contribution in [1.29, 1.82) is 0 Å². The maximum atomic E-state index is 12.1. The van der Waals surface area contributed by atoms with Crippen LogP contribution in [0.2, 0.25) is 0 Å². The van der Waals surface area contributed by atoms with E-state index < -0.39 is 6.23 Å². The summed E-state index contributed by atoms with van der Waals surface area (Å²) < 4.78 is 12.7. The average Bonchev–Trinajstić information content (AvgIpc) is 3.02. The molecular weight excluding hydrogens is 400 g/mol. The van der Waals surface area contributed by atoms with E-state index in [0.29, 0.717) is 22.8 Å². The Bertz CT molecular complexity index is 849. The van der Waals surface area contributed by atoms with E-state index in [1.54, 1.807) is 24.3 Å². The van der Waals surface area contributed by atoms with Crippen LogP contribution in [-0.4, -0.2) is 28.0 Å². The number of hydrazone groups is 1. The first-order valence-electron chi connectivity index (χ1n) is 8.15. The van der Waals surface area contributed by atoms with Gasteiger partial charge in [0.25, 0.3) is 0 Å². The summed E-state index contributed by atoms with van der Waals surface area (Å²) in [7, 11) is 0. The number of halogens is 1. The number of phenols is 1. The van der Waals surface area contributed by atoms with Crippen molar-refractivity contribution in [2.45, 2.75) is 33.1 Å². The zero-order valence-electron chi connectivity index (χ0n) is 14.6. The zero-order chi connectivity index (χ0) is 18.8. The Balaban J connectivity index is 1.99. The number of amides is 1.